The Morgan fingerprint density at radius 1 is 1.11 bits per heavy atom. The van der Waals surface area contributed by atoms with Crippen molar-refractivity contribution in [3.05, 3.63) is 46.6 Å². The van der Waals surface area contributed by atoms with Crippen LogP contribution in [0.1, 0.15) is 50.1 Å². The SMILES string of the molecule is CC1CCc2c(sc3ncn4c(-c5ccc(C(C)(C)C)cc5)nnc4c23)C1. The molecule has 0 aliphatic heterocycles. The quantitative estimate of drug-likeness (QED) is 0.445. The molecule has 1 aliphatic rings. The van der Waals surface area contributed by atoms with E-state index in [1.54, 1.807) is 0 Å². The molecule has 3 heterocycles. The molecule has 0 bridgehead atoms. The van der Waals surface area contributed by atoms with Gasteiger partial charge in [-0.05, 0) is 41.7 Å². The lowest BCUT2D eigenvalue weighted by molar-refractivity contribution is 0.509. The number of benzene rings is 1. The van der Waals surface area contributed by atoms with E-state index in [2.05, 4.69) is 66.6 Å². The van der Waals surface area contributed by atoms with E-state index in [-0.39, 0.29) is 5.41 Å². The van der Waals surface area contributed by atoms with Crippen molar-refractivity contribution in [2.24, 2.45) is 5.92 Å². The van der Waals surface area contributed by atoms with Gasteiger partial charge < -0.3 is 0 Å². The first kappa shape index (κ1) is 16.9. The molecular weight excluding hydrogens is 352 g/mol. The molecule has 1 aromatic carbocycles. The van der Waals surface area contributed by atoms with Gasteiger partial charge in [0.1, 0.15) is 11.2 Å². The first-order valence-electron chi connectivity index (χ1n) is 9.67. The molecule has 0 fully saturated rings. The summed E-state index contributed by atoms with van der Waals surface area (Å²) in [5, 5.41) is 10.3. The van der Waals surface area contributed by atoms with E-state index >= 15 is 0 Å². The predicted molar refractivity (Wildman–Crippen MR) is 111 cm³/mol. The Bertz CT molecular complexity index is 1150. The molecule has 5 heteroatoms. The Balaban J connectivity index is 1.66. The molecule has 1 aliphatic carbocycles. The van der Waals surface area contributed by atoms with Crippen LogP contribution in [-0.4, -0.2) is 19.6 Å². The van der Waals surface area contributed by atoms with Crippen molar-refractivity contribution in [3.63, 3.8) is 0 Å². The van der Waals surface area contributed by atoms with Gasteiger partial charge in [-0.1, -0.05) is 52.0 Å². The van der Waals surface area contributed by atoms with Crippen LogP contribution in [0.2, 0.25) is 0 Å². The Morgan fingerprint density at radius 3 is 2.63 bits per heavy atom. The Kier molecular flexibility index (Phi) is 3.66. The Morgan fingerprint density at radius 2 is 1.89 bits per heavy atom. The highest BCUT2D eigenvalue weighted by molar-refractivity contribution is 7.19. The highest BCUT2D eigenvalue weighted by Gasteiger charge is 2.24. The maximum atomic E-state index is 4.76. The van der Waals surface area contributed by atoms with E-state index in [1.165, 1.54) is 27.8 Å². The third-order valence-corrected chi connectivity index (χ3v) is 6.87. The molecule has 5 rings (SSSR count). The number of hydrogen-bond donors (Lipinski definition) is 0. The van der Waals surface area contributed by atoms with Gasteiger partial charge in [0, 0.05) is 10.4 Å². The van der Waals surface area contributed by atoms with Crippen molar-refractivity contribution in [2.45, 2.75) is 52.4 Å². The van der Waals surface area contributed by atoms with Gasteiger partial charge >= 0.3 is 0 Å². The van der Waals surface area contributed by atoms with Crippen LogP contribution in [0.4, 0.5) is 0 Å². The second kappa shape index (κ2) is 5.86. The Hall–Kier alpha value is -2.27. The number of aromatic nitrogens is 4. The zero-order valence-electron chi connectivity index (χ0n) is 16.3. The average Bonchev–Trinajstić information content (AvgIpc) is 3.21. The van der Waals surface area contributed by atoms with E-state index < -0.39 is 0 Å². The maximum Gasteiger partial charge on any atom is 0.172 e. The monoisotopic (exact) mass is 376 g/mol. The topological polar surface area (TPSA) is 43.1 Å². The van der Waals surface area contributed by atoms with Gasteiger partial charge in [-0.15, -0.1) is 21.5 Å². The van der Waals surface area contributed by atoms with E-state index in [9.17, 15) is 0 Å². The lowest BCUT2D eigenvalue weighted by Crippen LogP contribution is -2.10. The van der Waals surface area contributed by atoms with E-state index in [0.717, 1.165) is 40.6 Å². The van der Waals surface area contributed by atoms with Gasteiger partial charge in [0.15, 0.2) is 11.5 Å². The summed E-state index contributed by atoms with van der Waals surface area (Å²) in [6.07, 6.45) is 5.42. The highest BCUT2D eigenvalue weighted by Crippen LogP contribution is 2.39. The third kappa shape index (κ3) is 2.67. The highest BCUT2D eigenvalue weighted by atomic mass is 32.1. The molecule has 0 saturated heterocycles. The number of fused-ring (bicyclic) bond motifs is 5. The van der Waals surface area contributed by atoms with Gasteiger partial charge in [-0.3, -0.25) is 4.40 Å². The van der Waals surface area contributed by atoms with E-state index in [4.69, 9.17) is 4.98 Å². The lowest BCUT2D eigenvalue weighted by Gasteiger charge is -2.18. The molecule has 4 aromatic rings. The molecule has 4 nitrogen and oxygen atoms in total. The normalized spacial score (nSPS) is 17.6. The van der Waals surface area contributed by atoms with Crippen molar-refractivity contribution in [1.29, 1.82) is 0 Å². The maximum absolute atomic E-state index is 4.76. The summed E-state index contributed by atoms with van der Waals surface area (Å²) < 4.78 is 2.06. The summed E-state index contributed by atoms with van der Waals surface area (Å²) in [5.74, 6) is 1.63. The number of rotatable bonds is 1. The van der Waals surface area contributed by atoms with Crippen LogP contribution in [0, 0.1) is 5.92 Å². The second-order valence-electron chi connectivity index (χ2n) is 8.82. The smallest absolute Gasteiger partial charge is 0.172 e. The summed E-state index contributed by atoms with van der Waals surface area (Å²) in [4.78, 5) is 7.35. The molecule has 27 heavy (non-hydrogen) atoms. The summed E-state index contributed by atoms with van der Waals surface area (Å²) in [6.45, 7) is 9.04. The zero-order valence-corrected chi connectivity index (χ0v) is 17.1. The Labute approximate surface area is 163 Å². The molecule has 0 amide bonds. The molecule has 138 valence electrons. The van der Waals surface area contributed by atoms with E-state index in [0.29, 0.717) is 0 Å². The molecule has 3 aromatic heterocycles. The summed E-state index contributed by atoms with van der Waals surface area (Å²) in [5.41, 5.74) is 4.94. The first-order valence-corrected chi connectivity index (χ1v) is 10.5. The van der Waals surface area contributed by atoms with Gasteiger partial charge in [-0.2, -0.15) is 0 Å². The average molecular weight is 377 g/mol. The van der Waals surface area contributed by atoms with Crippen molar-refractivity contribution in [1.82, 2.24) is 19.6 Å². The fraction of sp³-hybridized carbons (Fsp3) is 0.409. The molecule has 1 atom stereocenters. The summed E-state index contributed by atoms with van der Waals surface area (Å²) >= 11 is 1.84. The van der Waals surface area contributed by atoms with Gasteiger partial charge in [0.05, 0.1) is 5.39 Å². The van der Waals surface area contributed by atoms with Crippen molar-refractivity contribution < 1.29 is 0 Å². The van der Waals surface area contributed by atoms with Crippen LogP contribution < -0.4 is 0 Å². The van der Waals surface area contributed by atoms with Crippen LogP contribution >= 0.6 is 11.3 Å². The van der Waals surface area contributed by atoms with Crippen LogP contribution in [0.25, 0.3) is 27.3 Å². The van der Waals surface area contributed by atoms with Crippen LogP contribution in [-0.2, 0) is 18.3 Å². The third-order valence-electron chi connectivity index (χ3n) is 5.71. The number of thiophene rings is 1. The fourth-order valence-electron chi connectivity index (χ4n) is 4.06. The van der Waals surface area contributed by atoms with E-state index in [1.807, 2.05) is 17.7 Å². The zero-order chi connectivity index (χ0) is 18.8. The van der Waals surface area contributed by atoms with Gasteiger partial charge in [-0.25, -0.2) is 4.98 Å². The second-order valence-corrected chi connectivity index (χ2v) is 9.90. The fourth-order valence-corrected chi connectivity index (χ4v) is 5.40. The molecule has 0 radical (unpaired) electrons. The number of hydrogen-bond acceptors (Lipinski definition) is 4. The first-order chi connectivity index (χ1) is 12.9. The van der Waals surface area contributed by atoms with Crippen molar-refractivity contribution in [2.75, 3.05) is 0 Å². The molecule has 0 saturated carbocycles. The van der Waals surface area contributed by atoms with Crippen LogP contribution in [0.5, 0.6) is 0 Å². The lowest BCUT2D eigenvalue weighted by atomic mass is 9.87. The molecule has 0 N–H and O–H groups in total. The largest absolute Gasteiger partial charge is 0.265 e. The molecule has 0 spiro atoms. The minimum atomic E-state index is 0.145. The predicted octanol–water partition coefficient (Wildman–Crippen LogP) is 5.43. The standard InChI is InChI=1S/C22H24N4S/c1-13-5-10-16-17(11-13)27-21-18(16)20-25-24-19(26(20)12-23-21)14-6-8-15(9-7-14)22(2,3)4/h6-9,12-13H,5,10-11H2,1-4H3. The van der Waals surface area contributed by atoms with Gasteiger partial charge in [0.25, 0.3) is 0 Å². The van der Waals surface area contributed by atoms with Crippen molar-refractivity contribution >= 4 is 27.2 Å². The van der Waals surface area contributed by atoms with Gasteiger partial charge in [0.2, 0.25) is 0 Å². The minimum absolute atomic E-state index is 0.145. The minimum Gasteiger partial charge on any atom is -0.265 e. The molecular formula is C22H24N4S. The number of nitrogens with zero attached hydrogens (tertiary/aromatic N) is 4. The van der Waals surface area contributed by atoms with Crippen LogP contribution in [0.15, 0.2) is 30.6 Å². The van der Waals surface area contributed by atoms with Crippen LogP contribution in [0.3, 0.4) is 0 Å². The summed E-state index contributed by atoms with van der Waals surface area (Å²) in [6, 6.07) is 8.67. The molecule has 1 unspecified atom stereocenters. The van der Waals surface area contributed by atoms with Crippen molar-refractivity contribution in [3.8, 4) is 11.4 Å². The number of aryl methyl sites for hydroxylation is 1. The summed E-state index contributed by atoms with van der Waals surface area (Å²) in [7, 11) is 0.